The highest BCUT2D eigenvalue weighted by molar-refractivity contribution is 14.0. The van der Waals surface area contributed by atoms with E-state index in [4.69, 9.17) is 14.2 Å². The second kappa shape index (κ2) is 11.7. The van der Waals surface area contributed by atoms with Crippen LogP contribution in [-0.2, 0) is 16.0 Å². The number of nitrogens with zero attached hydrogens (tertiary/aromatic N) is 1. The molecule has 0 amide bonds. The summed E-state index contributed by atoms with van der Waals surface area (Å²) >= 11 is 0. The van der Waals surface area contributed by atoms with Gasteiger partial charge in [-0.3, -0.25) is 4.99 Å². The van der Waals surface area contributed by atoms with Gasteiger partial charge in [-0.15, -0.1) is 24.0 Å². The first-order valence-electron chi connectivity index (χ1n) is 9.65. The Hall–Kier alpha value is -1.06. The Morgan fingerprint density at radius 3 is 2.74 bits per heavy atom. The highest BCUT2D eigenvalue weighted by Gasteiger charge is 2.20. The van der Waals surface area contributed by atoms with Crippen molar-refractivity contribution in [3.8, 4) is 5.75 Å². The third-order valence-corrected chi connectivity index (χ3v) is 4.84. The summed E-state index contributed by atoms with van der Waals surface area (Å²) in [5, 5.41) is 6.75. The fraction of sp³-hybridized carbons (Fsp3) is 0.650. The number of benzene rings is 1. The number of nitrogens with one attached hydrogen (secondary N) is 2. The lowest BCUT2D eigenvalue weighted by Crippen LogP contribution is -2.44. The van der Waals surface area contributed by atoms with Gasteiger partial charge in [-0.05, 0) is 38.7 Å². The zero-order valence-corrected chi connectivity index (χ0v) is 18.6. The molecule has 2 N–H and O–H groups in total. The number of rotatable bonds is 8. The quantitative estimate of drug-likeness (QED) is 0.334. The minimum atomic E-state index is 0. The van der Waals surface area contributed by atoms with E-state index in [1.54, 1.807) is 7.05 Å². The van der Waals surface area contributed by atoms with Crippen LogP contribution in [0.1, 0.15) is 38.2 Å². The van der Waals surface area contributed by atoms with Gasteiger partial charge in [-0.1, -0.05) is 18.2 Å². The van der Waals surface area contributed by atoms with E-state index in [1.165, 1.54) is 6.42 Å². The van der Waals surface area contributed by atoms with Crippen molar-refractivity contribution in [2.75, 3.05) is 26.9 Å². The zero-order valence-electron chi connectivity index (χ0n) is 16.3. The standard InChI is InChI=1S/C20H31N3O3.HI/c1-15(13-25-18-10-11-24-14-18)23-20(21-2)22-12-16-6-3-4-9-19(16)26-17-7-5-8-17;/h3-4,6,9,15,17-18H,5,7-8,10-14H2,1-2H3,(H2,21,22,23);1H. The van der Waals surface area contributed by atoms with E-state index in [9.17, 15) is 0 Å². The van der Waals surface area contributed by atoms with Crippen LogP contribution < -0.4 is 15.4 Å². The maximum Gasteiger partial charge on any atom is 0.191 e. The van der Waals surface area contributed by atoms with Crippen molar-refractivity contribution in [3.63, 3.8) is 0 Å². The molecule has 2 aliphatic rings. The van der Waals surface area contributed by atoms with E-state index in [2.05, 4.69) is 28.6 Å². The molecule has 27 heavy (non-hydrogen) atoms. The van der Waals surface area contributed by atoms with Crippen LogP contribution in [-0.4, -0.2) is 51.1 Å². The zero-order chi connectivity index (χ0) is 18.2. The largest absolute Gasteiger partial charge is 0.490 e. The Labute approximate surface area is 179 Å². The van der Waals surface area contributed by atoms with Gasteiger partial charge in [0.25, 0.3) is 0 Å². The SMILES string of the molecule is CN=C(NCc1ccccc1OC1CCC1)NC(C)COC1CCOC1.I. The highest BCUT2D eigenvalue weighted by atomic mass is 127. The van der Waals surface area contributed by atoms with Gasteiger partial charge >= 0.3 is 0 Å². The Morgan fingerprint density at radius 2 is 2.07 bits per heavy atom. The molecule has 0 aromatic heterocycles. The van der Waals surface area contributed by atoms with Gasteiger partial charge in [0.1, 0.15) is 5.75 Å². The van der Waals surface area contributed by atoms with Gasteiger partial charge in [-0.25, -0.2) is 0 Å². The molecule has 2 fully saturated rings. The molecule has 2 unspecified atom stereocenters. The van der Waals surface area contributed by atoms with Gasteiger partial charge in [0.05, 0.1) is 25.4 Å². The first-order valence-corrected chi connectivity index (χ1v) is 9.65. The van der Waals surface area contributed by atoms with Crippen LogP contribution in [0, 0.1) is 0 Å². The number of para-hydroxylation sites is 1. The molecule has 1 aromatic rings. The second-order valence-corrected chi connectivity index (χ2v) is 7.07. The fourth-order valence-electron chi connectivity index (χ4n) is 3.01. The lowest BCUT2D eigenvalue weighted by Gasteiger charge is -2.27. The van der Waals surface area contributed by atoms with Gasteiger partial charge < -0.3 is 24.8 Å². The summed E-state index contributed by atoms with van der Waals surface area (Å²) in [6.07, 6.45) is 5.19. The fourth-order valence-corrected chi connectivity index (χ4v) is 3.01. The molecule has 1 aliphatic heterocycles. The Balaban J connectivity index is 0.00000261. The number of hydrogen-bond donors (Lipinski definition) is 2. The molecule has 7 heteroatoms. The van der Waals surface area contributed by atoms with Crippen molar-refractivity contribution in [1.82, 2.24) is 10.6 Å². The first kappa shape index (κ1) is 22.2. The van der Waals surface area contributed by atoms with Crippen LogP contribution in [0.4, 0.5) is 0 Å². The molecule has 1 heterocycles. The molecule has 0 spiro atoms. The van der Waals surface area contributed by atoms with Gasteiger partial charge in [0.15, 0.2) is 5.96 Å². The summed E-state index contributed by atoms with van der Waals surface area (Å²) in [5.74, 6) is 1.74. The summed E-state index contributed by atoms with van der Waals surface area (Å²) in [4.78, 5) is 4.31. The molecule has 1 saturated carbocycles. The first-order chi connectivity index (χ1) is 12.7. The van der Waals surface area contributed by atoms with Crippen molar-refractivity contribution in [2.45, 2.75) is 57.4 Å². The summed E-state index contributed by atoms with van der Waals surface area (Å²) in [5.41, 5.74) is 1.15. The molecule has 0 bridgehead atoms. The number of guanidine groups is 1. The Kier molecular flexibility index (Phi) is 9.64. The van der Waals surface area contributed by atoms with Crippen LogP contribution in [0.5, 0.6) is 5.75 Å². The van der Waals surface area contributed by atoms with Crippen molar-refractivity contribution in [1.29, 1.82) is 0 Å². The lowest BCUT2D eigenvalue weighted by molar-refractivity contribution is 0.0347. The smallest absolute Gasteiger partial charge is 0.191 e. The third-order valence-electron chi connectivity index (χ3n) is 4.84. The van der Waals surface area contributed by atoms with Crippen LogP contribution in [0.15, 0.2) is 29.3 Å². The number of halogens is 1. The van der Waals surface area contributed by atoms with E-state index in [0.717, 1.165) is 43.1 Å². The topological polar surface area (TPSA) is 64.1 Å². The maximum absolute atomic E-state index is 6.09. The predicted molar refractivity (Wildman–Crippen MR) is 118 cm³/mol. The van der Waals surface area contributed by atoms with Crippen LogP contribution in [0.3, 0.4) is 0 Å². The molecule has 6 nitrogen and oxygen atoms in total. The van der Waals surface area contributed by atoms with Crippen molar-refractivity contribution >= 4 is 29.9 Å². The van der Waals surface area contributed by atoms with Crippen LogP contribution >= 0.6 is 24.0 Å². The average Bonchev–Trinajstić information content (AvgIpc) is 3.14. The number of hydrogen-bond acceptors (Lipinski definition) is 4. The molecule has 1 saturated heterocycles. The van der Waals surface area contributed by atoms with Crippen molar-refractivity contribution in [3.05, 3.63) is 29.8 Å². The lowest BCUT2D eigenvalue weighted by atomic mass is 9.96. The summed E-state index contributed by atoms with van der Waals surface area (Å²) in [7, 11) is 1.78. The summed E-state index contributed by atoms with van der Waals surface area (Å²) < 4.78 is 17.3. The molecular formula is C20H32IN3O3. The number of aliphatic imine (C=N–C) groups is 1. The van der Waals surface area contributed by atoms with E-state index >= 15 is 0 Å². The third kappa shape index (κ3) is 7.12. The van der Waals surface area contributed by atoms with E-state index in [1.807, 2.05) is 18.2 Å². The molecule has 1 aliphatic carbocycles. The monoisotopic (exact) mass is 489 g/mol. The van der Waals surface area contributed by atoms with Crippen molar-refractivity contribution < 1.29 is 14.2 Å². The number of ether oxygens (including phenoxy) is 3. The van der Waals surface area contributed by atoms with Gasteiger partial charge in [-0.2, -0.15) is 0 Å². The predicted octanol–water partition coefficient (Wildman–Crippen LogP) is 3.09. The Bertz CT molecular complexity index is 590. The second-order valence-electron chi connectivity index (χ2n) is 7.07. The molecule has 1 aromatic carbocycles. The summed E-state index contributed by atoms with van der Waals surface area (Å²) in [6.45, 7) is 4.91. The minimum Gasteiger partial charge on any atom is -0.490 e. The average molecular weight is 489 g/mol. The molecule has 2 atom stereocenters. The van der Waals surface area contributed by atoms with Gasteiger partial charge in [0.2, 0.25) is 0 Å². The molecule has 0 radical (unpaired) electrons. The minimum absolute atomic E-state index is 0. The van der Waals surface area contributed by atoms with Crippen LogP contribution in [0.25, 0.3) is 0 Å². The molecule has 3 rings (SSSR count). The molecular weight excluding hydrogens is 457 g/mol. The van der Waals surface area contributed by atoms with Crippen LogP contribution in [0.2, 0.25) is 0 Å². The van der Waals surface area contributed by atoms with E-state index in [-0.39, 0.29) is 36.1 Å². The van der Waals surface area contributed by atoms with E-state index < -0.39 is 0 Å². The molecule has 152 valence electrons. The maximum atomic E-state index is 6.09. The van der Waals surface area contributed by atoms with E-state index in [0.29, 0.717) is 25.9 Å². The van der Waals surface area contributed by atoms with Gasteiger partial charge in [0, 0.05) is 31.8 Å². The summed E-state index contributed by atoms with van der Waals surface area (Å²) in [6, 6.07) is 8.38. The van der Waals surface area contributed by atoms with Crippen molar-refractivity contribution in [2.24, 2.45) is 4.99 Å². The highest BCUT2D eigenvalue weighted by Crippen LogP contribution is 2.27. The Morgan fingerprint density at radius 1 is 1.26 bits per heavy atom. The normalized spacial score (nSPS) is 21.1.